The normalized spacial score (nSPS) is 18.4. The van der Waals surface area contributed by atoms with Crippen LogP contribution in [0, 0.1) is 11.8 Å². The Hall–Kier alpha value is -2.48. The van der Waals surface area contributed by atoms with Gasteiger partial charge in [-0.25, -0.2) is 0 Å². The Morgan fingerprint density at radius 3 is 2.32 bits per heavy atom. The van der Waals surface area contributed by atoms with Crippen molar-refractivity contribution in [3.05, 3.63) is 59.2 Å². The van der Waals surface area contributed by atoms with Gasteiger partial charge in [0.2, 0.25) is 0 Å². The number of aromatic hydroxyl groups is 1. The van der Waals surface area contributed by atoms with Gasteiger partial charge in [-0.05, 0) is 61.7 Å². The summed E-state index contributed by atoms with van der Waals surface area (Å²) >= 11 is 0. The van der Waals surface area contributed by atoms with Gasteiger partial charge in [-0.2, -0.15) is 0 Å². The molecule has 1 aliphatic rings. The average Bonchev–Trinajstić information content (AvgIpc) is 2.98. The van der Waals surface area contributed by atoms with Gasteiger partial charge in [0.25, 0.3) is 0 Å². The zero-order valence-corrected chi connectivity index (χ0v) is 17.2. The third-order valence-corrected chi connectivity index (χ3v) is 4.51. The van der Waals surface area contributed by atoms with Crippen LogP contribution in [0.1, 0.15) is 51.3 Å². The summed E-state index contributed by atoms with van der Waals surface area (Å²) in [5.41, 5.74) is 2.54. The molecule has 0 unspecified atom stereocenters. The minimum Gasteiger partial charge on any atom is -0.508 e. The molecule has 1 atom stereocenters. The number of hydrogen-bond donors (Lipinski definition) is 1. The number of benzene rings is 2. The molecule has 2 aromatic rings. The van der Waals surface area contributed by atoms with E-state index in [9.17, 15) is 5.11 Å². The largest absolute Gasteiger partial charge is 0.508 e. The summed E-state index contributed by atoms with van der Waals surface area (Å²) in [6.07, 6.45) is -0.0547. The molecule has 1 heterocycles. The van der Waals surface area contributed by atoms with Crippen LogP contribution in [0.25, 0.3) is 0 Å². The fourth-order valence-corrected chi connectivity index (χ4v) is 3.03. The fourth-order valence-electron chi connectivity index (χ4n) is 3.03. The van der Waals surface area contributed by atoms with E-state index in [4.69, 9.17) is 14.2 Å². The Morgan fingerprint density at radius 1 is 1.07 bits per heavy atom. The van der Waals surface area contributed by atoms with Crippen molar-refractivity contribution in [2.75, 3.05) is 13.2 Å². The highest BCUT2D eigenvalue weighted by atomic mass is 16.7. The topological polar surface area (TPSA) is 47.9 Å². The monoisotopic (exact) mass is 380 g/mol. The Morgan fingerprint density at radius 2 is 1.71 bits per heavy atom. The summed E-state index contributed by atoms with van der Waals surface area (Å²) in [6, 6.07) is 13.2. The van der Waals surface area contributed by atoms with Gasteiger partial charge >= 0.3 is 0 Å². The molecule has 28 heavy (non-hydrogen) atoms. The fraction of sp³-hybridized carbons (Fsp3) is 0.417. The minimum atomic E-state index is -0.533. The standard InChI is InChI=1S/C24H28O4/c1-23(2,3)21-14-18(10-13-22(21)25)7-6-17-8-11-19(12-9-17)26-15-20-16-27-24(4,5)28-20/h8-14,20,25H,15-16H2,1-5H3/t20-/m0/s1. The maximum Gasteiger partial charge on any atom is 0.163 e. The highest BCUT2D eigenvalue weighted by Gasteiger charge is 2.32. The molecular weight excluding hydrogens is 352 g/mol. The first kappa shape index (κ1) is 20.3. The van der Waals surface area contributed by atoms with Crippen molar-refractivity contribution in [3.63, 3.8) is 0 Å². The highest BCUT2D eigenvalue weighted by Crippen LogP contribution is 2.31. The van der Waals surface area contributed by atoms with E-state index in [1.807, 2.05) is 50.2 Å². The Balaban J connectivity index is 1.62. The predicted molar refractivity (Wildman–Crippen MR) is 110 cm³/mol. The zero-order chi connectivity index (χ0) is 20.4. The van der Waals surface area contributed by atoms with Crippen molar-refractivity contribution in [2.45, 2.75) is 51.9 Å². The van der Waals surface area contributed by atoms with Crippen LogP contribution in [-0.2, 0) is 14.9 Å². The number of phenolic OH excluding ortho intramolecular Hbond substituents is 1. The molecule has 3 rings (SSSR count). The summed E-state index contributed by atoms with van der Waals surface area (Å²) < 4.78 is 17.1. The molecule has 4 heteroatoms. The van der Waals surface area contributed by atoms with Gasteiger partial charge < -0.3 is 19.3 Å². The van der Waals surface area contributed by atoms with E-state index in [0.29, 0.717) is 19.0 Å². The highest BCUT2D eigenvalue weighted by molar-refractivity contribution is 5.49. The van der Waals surface area contributed by atoms with Gasteiger partial charge in [0.1, 0.15) is 24.2 Å². The van der Waals surface area contributed by atoms with Crippen LogP contribution in [-0.4, -0.2) is 30.2 Å². The molecule has 0 amide bonds. The van der Waals surface area contributed by atoms with Gasteiger partial charge in [0.15, 0.2) is 5.79 Å². The van der Waals surface area contributed by atoms with Crippen LogP contribution in [0.15, 0.2) is 42.5 Å². The first-order valence-electron chi connectivity index (χ1n) is 9.52. The van der Waals surface area contributed by atoms with E-state index in [1.165, 1.54) is 0 Å². The van der Waals surface area contributed by atoms with E-state index in [-0.39, 0.29) is 11.5 Å². The summed E-state index contributed by atoms with van der Waals surface area (Å²) in [5.74, 6) is 6.88. The molecule has 1 aliphatic heterocycles. The van der Waals surface area contributed by atoms with E-state index in [0.717, 1.165) is 22.4 Å². The van der Waals surface area contributed by atoms with E-state index in [2.05, 4.69) is 32.6 Å². The molecule has 4 nitrogen and oxygen atoms in total. The first-order valence-corrected chi connectivity index (χ1v) is 9.52. The summed E-state index contributed by atoms with van der Waals surface area (Å²) in [4.78, 5) is 0. The Bertz CT molecular complexity index is 880. The van der Waals surface area contributed by atoms with E-state index >= 15 is 0 Å². The average molecular weight is 380 g/mol. The van der Waals surface area contributed by atoms with Crippen LogP contribution in [0.3, 0.4) is 0 Å². The molecule has 0 saturated carbocycles. The SMILES string of the molecule is CC1(C)OC[C@H](COc2ccc(C#Cc3ccc(O)c(C(C)(C)C)c3)cc2)O1. The summed E-state index contributed by atoms with van der Waals surface area (Å²) in [5, 5.41) is 10.1. The molecule has 0 spiro atoms. The second-order valence-electron chi connectivity index (χ2n) is 8.52. The Labute approximate surface area is 167 Å². The van der Waals surface area contributed by atoms with Crippen LogP contribution in [0.5, 0.6) is 11.5 Å². The molecule has 0 aliphatic carbocycles. The summed E-state index contributed by atoms with van der Waals surface area (Å²) in [6.45, 7) is 11.0. The molecule has 0 bridgehead atoms. The molecule has 1 fully saturated rings. The molecule has 2 aromatic carbocycles. The van der Waals surface area contributed by atoms with Crippen molar-refractivity contribution in [3.8, 4) is 23.3 Å². The van der Waals surface area contributed by atoms with Crippen molar-refractivity contribution >= 4 is 0 Å². The molecular formula is C24H28O4. The van der Waals surface area contributed by atoms with Crippen molar-refractivity contribution in [1.29, 1.82) is 0 Å². The predicted octanol–water partition coefficient (Wildman–Crippen LogP) is 4.62. The lowest BCUT2D eigenvalue weighted by molar-refractivity contribution is -0.141. The van der Waals surface area contributed by atoms with Gasteiger partial charge in [-0.3, -0.25) is 0 Å². The summed E-state index contributed by atoms with van der Waals surface area (Å²) in [7, 11) is 0. The second-order valence-corrected chi connectivity index (χ2v) is 8.52. The maximum atomic E-state index is 10.1. The first-order chi connectivity index (χ1) is 13.1. The molecule has 148 valence electrons. The minimum absolute atomic E-state index is 0.0547. The number of hydrogen-bond acceptors (Lipinski definition) is 4. The molecule has 0 aromatic heterocycles. The van der Waals surface area contributed by atoms with E-state index < -0.39 is 5.79 Å². The van der Waals surface area contributed by atoms with Crippen molar-refractivity contribution in [1.82, 2.24) is 0 Å². The van der Waals surface area contributed by atoms with Crippen LogP contribution >= 0.6 is 0 Å². The number of rotatable bonds is 3. The smallest absolute Gasteiger partial charge is 0.163 e. The number of phenols is 1. The van der Waals surface area contributed by atoms with E-state index in [1.54, 1.807) is 6.07 Å². The van der Waals surface area contributed by atoms with Gasteiger partial charge in [0.05, 0.1) is 6.61 Å². The Kier molecular flexibility index (Phi) is 5.69. The van der Waals surface area contributed by atoms with Crippen molar-refractivity contribution < 1.29 is 19.3 Å². The van der Waals surface area contributed by atoms with Gasteiger partial charge in [-0.15, -0.1) is 0 Å². The molecule has 1 N–H and O–H groups in total. The van der Waals surface area contributed by atoms with Gasteiger partial charge in [0, 0.05) is 16.7 Å². The lowest BCUT2D eigenvalue weighted by Gasteiger charge is -2.20. The lowest BCUT2D eigenvalue weighted by atomic mass is 9.85. The lowest BCUT2D eigenvalue weighted by Crippen LogP contribution is -2.25. The molecule has 0 radical (unpaired) electrons. The zero-order valence-electron chi connectivity index (χ0n) is 17.2. The van der Waals surface area contributed by atoms with Crippen LogP contribution in [0.2, 0.25) is 0 Å². The third kappa shape index (κ3) is 5.28. The van der Waals surface area contributed by atoms with Crippen LogP contribution < -0.4 is 4.74 Å². The number of ether oxygens (including phenoxy) is 3. The maximum absolute atomic E-state index is 10.1. The third-order valence-electron chi connectivity index (χ3n) is 4.51. The van der Waals surface area contributed by atoms with Crippen molar-refractivity contribution in [2.24, 2.45) is 0 Å². The quantitative estimate of drug-likeness (QED) is 0.790. The molecule has 1 saturated heterocycles. The van der Waals surface area contributed by atoms with Crippen LogP contribution in [0.4, 0.5) is 0 Å². The van der Waals surface area contributed by atoms with Gasteiger partial charge in [-0.1, -0.05) is 32.6 Å². The second kappa shape index (κ2) is 7.87.